The summed E-state index contributed by atoms with van der Waals surface area (Å²) in [6.45, 7) is 0. The van der Waals surface area contributed by atoms with Gasteiger partial charge in [-0.1, -0.05) is 30.3 Å². The molecule has 0 aliphatic rings. The van der Waals surface area contributed by atoms with E-state index in [2.05, 4.69) is 4.72 Å². The number of hydrogen-bond donors (Lipinski definition) is 2. The van der Waals surface area contributed by atoms with Crippen LogP contribution in [0.4, 0.5) is 11.4 Å². The number of benzene rings is 2. The number of anilines is 2. The number of nitrogens with two attached hydrogens (primary N) is 1. The molecule has 0 saturated carbocycles. The quantitative estimate of drug-likeness (QED) is 0.841. The normalized spacial score (nSPS) is 10.8. The second kappa shape index (κ2) is 5.63. The second-order valence-corrected chi connectivity index (χ2v) is 5.99. The molecule has 0 aromatic heterocycles. The number of sulfonamides is 1. The summed E-state index contributed by atoms with van der Waals surface area (Å²) in [4.78, 5) is 0. The molecule has 2 aromatic rings. The molecule has 0 aliphatic heterocycles. The van der Waals surface area contributed by atoms with E-state index in [-0.39, 0.29) is 17.0 Å². The first-order chi connectivity index (χ1) is 9.50. The van der Waals surface area contributed by atoms with Crippen LogP contribution in [0.5, 0.6) is 0 Å². The molecule has 0 spiro atoms. The zero-order valence-electron chi connectivity index (χ0n) is 10.6. The number of nitrogens with zero attached hydrogens (tertiary/aromatic N) is 1. The molecule has 0 aliphatic carbocycles. The number of nitrogens with one attached hydrogen (secondary N) is 1. The van der Waals surface area contributed by atoms with E-state index in [1.54, 1.807) is 30.3 Å². The SMILES string of the molecule is N#Cc1cc(N)ccc1NS(=O)(=O)Cc1ccccc1. The monoisotopic (exact) mass is 287 g/mol. The molecule has 0 fully saturated rings. The van der Waals surface area contributed by atoms with Gasteiger partial charge in [0.15, 0.2) is 0 Å². The van der Waals surface area contributed by atoms with Crippen LogP contribution in [0, 0.1) is 11.3 Å². The molecule has 0 atom stereocenters. The van der Waals surface area contributed by atoms with Gasteiger partial charge in [-0.3, -0.25) is 4.72 Å². The molecule has 2 rings (SSSR count). The van der Waals surface area contributed by atoms with Crippen LogP contribution in [0.25, 0.3) is 0 Å². The van der Waals surface area contributed by atoms with Gasteiger partial charge in [0, 0.05) is 5.69 Å². The molecule has 102 valence electrons. The number of rotatable bonds is 4. The van der Waals surface area contributed by atoms with E-state index >= 15 is 0 Å². The summed E-state index contributed by atoms with van der Waals surface area (Å²) in [5.74, 6) is -0.150. The maximum absolute atomic E-state index is 12.1. The summed E-state index contributed by atoms with van der Waals surface area (Å²) in [6.07, 6.45) is 0. The van der Waals surface area contributed by atoms with Crippen LogP contribution in [0.3, 0.4) is 0 Å². The minimum absolute atomic E-state index is 0.150. The summed E-state index contributed by atoms with van der Waals surface area (Å²) < 4.78 is 26.5. The van der Waals surface area contributed by atoms with Crippen molar-refractivity contribution in [3.05, 3.63) is 59.7 Å². The van der Waals surface area contributed by atoms with Crippen molar-refractivity contribution in [3.8, 4) is 6.07 Å². The summed E-state index contributed by atoms with van der Waals surface area (Å²) in [5, 5.41) is 8.99. The van der Waals surface area contributed by atoms with Gasteiger partial charge in [0.25, 0.3) is 0 Å². The van der Waals surface area contributed by atoms with Gasteiger partial charge in [-0.05, 0) is 23.8 Å². The molecule has 20 heavy (non-hydrogen) atoms. The Bertz CT molecular complexity index is 750. The average molecular weight is 287 g/mol. The molecule has 0 radical (unpaired) electrons. The Hall–Kier alpha value is -2.52. The molecule has 0 amide bonds. The van der Waals surface area contributed by atoms with Crippen LogP contribution in [0.1, 0.15) is 11.1 Å². The van der Waals surface area contributed by atoms with Crippen molar-refractivity contribution in [2.45, 2.75) is 5.75 Å². The summed E-state index contributed by atoms with van der Waals surface area (Å²) >= 11 is 0. The smallest absolute Gasteiger partial charge is 0.236 e. The lowest BCUT2D eigenvalue weighted by Crippen LogP contribution is -2.16. The minimum atomic E-state index is -3.58. The van der Waals surface area contributed by atoms with Crippen LogP contribution >= 0.6 is 0 Å². The van der Waals surface area contributed by atoms with E-state index in [4.69, 9.17) is 11.0 Å². The predicted molar refractivity (Wildman–Crippen MR) is 78.3 cm³/mol. The van der Waals surface area contributed by atoms with Crippen LogP contribution in [0.15, 0.2) is 48.5 Å². The summed E-state index contributed by atoms with van der Waals surface area (Å²) in [7, 11) is -3.58. The van der Waals surface area contributed by atoms with Crippen LogP contribution in [0.2, 0.25) is 0 Å². The van der Waals surface area contributed by atoms with Crippen molar-refractivity contribution < 1.29 is 8.42 Å². The fraction of sp³-hybridized carbons (Fsp3) is 0.0714. The summed E-state index contributed by atoms with van der Waals surface area (Å²) in [6, 6.07) is 15.2. The van der Waals surface area contributed by atoms with Gasteiger partial charge in [0.2, 0.25) is 10.0 Å². The highest BCUT2D eigenvalue weighted by Crippen LogP contribution is 2.20. The largest absolute Gasteiger partial charge is 0.399 e. The van der Waals surface area contributed by atoms with E-state index in [1.165, 1.54) is 12.1 Å². The summed E-state index contributed by atoms with van der Waals surface area (Å²) in [5.41, 5.74) is 7.08. The minimum Gasteiger partial charge on any atom is -0.399 e. The van der Waals surface area contributed by atoms with Gasteiger partial charge in [0.1, 0.15) is 6.07 Å². The van der Waals surface area contributed by atoms with Gasteiger partial charge in [0.05, 0.1) is 17.0 Å². The van der Waals surface area contributed by atoms with Crippen molar-refractivity contribution in [2.75, 3.05) is 10.5 Å². The lowest BCUT2D eigenvalue weighted by Gasteiger charge is -2.10. The Morgan fingerprint density at radius 1 is 1.15 bits per heavy atom. The molecule has 2 aromatic carbocycles. The molecule has 3 N–H and O–H groups in total. The number of nitriles is 1. The molecule has 0 heterocycles. The van der Waals surface area contributed by atoms with Gasteiger partial charge in [-0.2, -0.15) is 5.26 Å². The second-order valence-electron chi connectivity index (χ2n) is 4.26. The Morgan fingerprint density at radius 2 is 1.85 bits per heavy atom. The molecule has 0 unspecified atom stereocenters. The van der Waals surface area contributed by atoms with E-state index in [0.29, 0.717) is 11.3 Å². The van der Waals surface area contributed by atoms with Gasteiger partial charge >= 0.3 is 0 Å². The van der Waals surface area contributed by atoms with Crippen LogP contribution in [-0.4, -0.2) is 8.42 Å². The third kappa shape index (κ3) is 3.49. The first-order valence-electron chi connectivity index (χ1n) is 5.84. The third-order valence-corrected chi connectivity index (χ3v) is 3.87. The average Bonchev–Trinajstić information content (AvgIpc) is 2.41. The lowest BCUT2D eigenvalue weighted by atomic mass is 10.2. The fourth-order valence-corrected chi connectivity index (χ4v) is 2.96. The van der Waals surface area contributed by atoms with Crippen molar-refractivity contribution in [1.29, 1.82) is 5.26 Å². The van der Waals surface area contributed by atoms with Crippen molar-refractivity contribution >= 4 is 21.4 Å². The highest BCUT2D eigenvalue weighted by molar-refractivity contribution is 7.91. The lowest BCUT2D eigenvalue weighted by molar-refractivity contribution is 0.600. The predicted octanol–water partition coefficient (Wildman–Crippen LogP) is 2.08. The van der Waals surface area contributed by atoms with Crippen LogP contribution in [-0.2, 0) is 15.8 Å². The number of nitrogen functional groups attached to an aromatic ring is 1. The zero-order valence-corrected chi connectivity index (χ0v) is 11.4. The zero-order chi connectivity index (χ0) is 14.6. The van der Waals surface area contributed by atoms with Crippen molar-refractivity contribution in [2.24, 2.45) is 0 Å². The van der Waals surface area contributed by atoms with Gasteiger partial charge in [-0.15, -0.1) is 0 Å². The van der Waals surface area contributed by atoms with E-state index in [0.717, 1.165) is 0 Å². The van der Waals surface area contributed by atoms with Gasteiger partial charge < -0.3 is 5.73 Å². The topological polar surface area (TPSA) is 96.0 Å². The van der Waals surface area contributed by atoms with Crippen LogP contribution < -0.4 is 10.5 Å². The Morgan fingerprint density at radius 3 is 2.50 bits per heavy atom. The van der Waals surface area contributed by atoms with E-state index in [9.17, 15) is 8.42 Å². The molecular weight excluding hydrogens is 274 g/mol. The molecule has 0 saturated heterocycles. The maximum Gasteiger partial charge on any atom is 0.236 e. The molecule has 6 heteroatoms. The highest BCUT2D eigenvalue weighted by atomic mass is 32.2. The van der Waals surface area contributed by atoms with Crippen molar-refractivity contribution in [1.82, 2.24) is 0 Å². The Balaban J connectivity index is 2.23. The standard InChI is InChI=1S/C14H13N3O2S/c15-9-12-8-13(16)6-7-14(12)17-20(18,19)10-11-4-2-1-3-5-11/h1-8,17H,10,16H2. The molecule has 5 nitrogen and oxygen atoms in total. The first kappa shape index (κ1) is 13.9. The fourth-order valence-electron chi connectivity index (χ4n) is 1.74. The van der Waals surface area contributed by atoms with E-state index < -0.39 is 10.0 Å². The first-order valence-corrected chi connectivity index (χ1v) is 7.49. The molecular formula is C14H13N3O2S. The maximum atomic E-state index is 12.1. The number of hydrogen-bond acceptors (Lipinski definition) is 4. The Labute approximate surface area is 117 Å². The van der Waals surface area contributed by atoms with E-state index in [1.807, 2.05) is 12.1 Å². The van der Waals surface area contributed by atoms with Crippen molar-refractivity contribution in [3.63, 3.8) is 0 Å². The molecule has 0 bridgehead atoms. The Kier molecular flexibility index (Phi) is 3.91. The van der Waals surface area contributed by atoms with Gasteiger partial charge in [-0.25, -0.2) is 8.42 Å². The highest BCUT2D eigenvalue weighted by Gasteiger charge is 2.14. The third-order valence-electron chi connectivity index (χ3n) is 2.63.